The molecular formula is C22H25FN2O4. The molecule has 2 aromatic rings. The lowest BCUT2D eigenvalue weighted by molar-refractivity contribution is -0.130. The Labute approximate surface area is 169 Å². The van der Waals surface area contributed by atoms with Crippen molar-refractivity contribution in [2.75, 3.05) is 20.2 Å². The highest BCUT2D eigenvalue weighted by Gasteiger charge is 2.23. The zero-order valence-corrected chi connectivity index (χ0v) is 16.6. The van der Waals surface area contributed by atoms with Crippen LogP contribution in [0.3, 0.4) is 0 Å². The molecule has 0 unspecified atom stereocenters. The Balaban J connectivity index is 1.65. The fourth-order valence-corrected chi connectivity index (χ4v) is 3.31. The summed E-state index contributed by atoms with van der Waals surface area (Å²) in [6.45, 7) is 3.09. The van der Waals surface area contributed by atoms with Crippen molar-refractivity contribution in [1.82, 2.24) is 10.2 Å². The Morgan fingerprint density at radius 1 is 1.14 bits per heavy atom. The highest BCUT2D eigenvalue weighted by molar-refractivity contribution is 5.94. The predicted molar refractivity (Wildman–Crippen MR) is 106 cm³/mol. The second kappa shape index (κ2) is 9.41. The summed E-state index contributed by atoms with van der Waals surface area (Å²) in [4.78, 5) is 25.8. The van der Waals surface area contributed by atoms with Gasteiger partial charge in [0.2, 0.25) is 5.91 Å². The van der Waals surface area contributed by atoms with E-state index in [4.69, 9.17) is 9.47 Å². The number of amides is 2. The van der Waals surface area contributed by atoms with Crippen LogP contribution >= 0.6 is 0 Å². The van der Waals surface area contributed by atoms with Gasteiger partial charge in [-0.05, 0) is 35.9 Å². The van der Waals surface area contributed by atoms with Crippen LogP contribution in [0.15, 0.2) is 42.5 Å². The Morgan fingerprint density at radius 3 is 2.55 bits per heavy atom. The molecule has 1 heterocycles. The quantitative estimate of drug-likeness (QED) is 0.809. The van der Waals surface area contributed by atoms with Crippen LogP contribution < -0.4 is 14.8 Å². The lowest BCUT2D eigenvalue weighted by Gasteiger charge is -2.31. The number of carbonyl (C=O) groups excluding carboxylic acids is 2. The van der Waals surface area contributed by atoms with E-state index in [1.165, 1.54) is 12.1 Å². The van der Waals surface area contributed by atoms with Gasteiger partial charge in [-0.15, -0.1) is 0 Å². The number of benzene rings is 2. The molecule has 0 bridgehead atoms. The number of hydrogen-bond donors (Lipinski definition) is 1. The van der Waals surface area contributed by atoms with Crippen LogP contribution in [-0.2, 0) is 11.3 Å². The summed E-state index contributed by atoms with van der Waals surface area (Å²) in [5.74, 6) is 0.478. The minimum Gasteiger partial charge on any atom is -0.493 e. The molecule has 0 radical (unpaired) electrons. The van der Waals surface area contributed by atoms with E-state index in [1.807, 2.05) is 0 Å². The summed E-state index contributed by atoms with van der Waals surface area (Å²) in [5, 5.41) is 2.78. The average Bonchev–Trinajstić information content (AvgIpc) is 2.72. The summed E-state index contributed by atoms with van der Waals surface area (Å²) < 4.78 is 24.7. The predicted octanol–water partition coefficient (Wildman–Crippen LogP) is 3.15. The van der Waals surface area contributed by atoms with Gasteiger partial charge >= 0.3 is 0 Å². The smallest absolute Gasteiger partial charge is 0.251 e. The lowest BCUT2D eigenvalue weighted by atomic mass is 10.1. The van der Waals surface area contributed by atoms with E-state index in [0.717, 1.165) is 12.8 Å². The maximum absolute atomic E-state index is 13.3. The van der Waals surface area contributed by atoms with E-state index < -0.39 is 0 Å². The third-order valence-electron chi connectivity index (χ3n) is 4.95. The fraction of sp³-hybridized carbons (Fsp3) is 0.364. The van der Waals surface area contributed by atoms with Crippen LogP contribution in [-0.4, -0.2) is 43.0 Å². The first-order valence-corrected chi connectivity index (χ1v) is 9.59. The van der Waals surface area contributed by atoms with Gasteiger partial charge in [0.05, 0.1) is 7.11 Å². The fourth-order valence-electron chi connectivity index (χ4n) is 3.31. The van der Waals surface area contributed by atoms with Crippen LogP contribution in [0.5, 0.6) is 11.5 Å². The molecule has 0 aromatic heterocycles. The van der Waals surface area contributed by atoms with Crippen molar-refractivity contribution in [2.45, 2.75) is 32.4 Å². The van der Waals surface area contributed by atoms with Crippen molar-refractivity contribution in [3.63, 3.8) is 0 Å². The molecule has 0 atom stereocenters. The average molecular weight is 400 g/mol. The highest BCUT2D eigenvalue weighted by Crippen LogP contribution is 2.31. The van der Waals surface area contributed by atoms with E-state index in [-0.39, 0.29) is 30.3 Å². The number of hydrogen-bond acceptors (Lipinski definition) is 4. The third-order valence-corrected chi connectivity index (χ3v) is 4.95. The van der Waals surface area contributed by atoms with Gasteiger partial charge < -0.3 is 19.7 Å². The summed E-state index contributed by atoms with van der Waals surface area (Å²) in [6, 6.07) is 11.1. The molecule has 1 N–H and O–H groups in total. The van der Waals surface area contributed by atoms with Gasteiger partial charge in [-0.1, -0.05) is 12.1 Å². The van der Waals surface area contributed by atoms with Crippen LogP contribution in [0.25, 0.3) is 0 Å². The van der Waals surface area contributed by atoms with Gasteiger partial charge in [0.25, 0.3) is 5.91 Å². The standard InChI is InChI=1S/C22H25FN2O4/c1-15(26)25-10-8-19(9-11-25)29-21-13-17(6-7-20(21)28-2)22(27)24-14-16-4-3-5-18(23)12-16/h3-7,12-13,19H,8-11,14H2,1-2H3,(H,24,27). The molecule has 2 aromatic carbocycles. The van der Waals surface area contributed by atoms with Gasteiger partial charge in [0.1, 0.15) is 11.9 Å². The van der Waals surface area contributed by atoms with Crippen LogP contribution in [0, 0.1) is 5.82 Å². The number of methoxy groups -OCH3 is 1. The molecule has 0 saturated carbocycles. The van der Waals surface area contributed by atoms with E-state index >= 15 is 0 Å². The number of carbonyl (C=O) groups is 2. The summed E-state index contributed by atoms with van der Waals surface area (Å²) in [6.07, 6.45) is 1.39. The molecule has 1 aliphatic rings. The number of rotatable bonds is 6. The van der Waals surface area contributed by atoms with Gasteiger partial charge in [-0.2, -0.15) is 0 Å². The first-order valence-electron chi connectivity index (χ1n) is 9.59. The normalized spacial score (nSPS) is 14.4. The Bertz CT molecular complexity index is 879. The maximum atomic E-state index is 13.3. The zero-order chi connectivity index (χ0) is 20.8. The topological polar surface area (TPSA) is 67.9 Å². The van der Waals surface area contributed by atoms with Gasteiger partial charge in [0.15, 0.2) is 11.5 Å². The number of piperidine rings is 1. The SMILES string of the molecule is COc1ccc(C(=O)NCc2cccc(F)c2)cc1OC1CCN(C(C)=O)CC1. The Morgan fingerprint density at radius 2 is 1.90 bits per heavy atom. The molecule has 7 heteroatoms. The summed E-state index contributed by atoms with van der Waals surface area (Å²) in [5.41, 5.74) is 1.11. The van der Waals surface area contributed by atoms with E-state index in [0.29, 0.717) is 35.7 Å². The molecule has 2 amide bonds. The van der Waals surface area contributed by atoms with Crippen molar-refractivity contribution in [1.29, 1.82) is 0 Å². The Hall–Kier alpha value is -3.09. The van der Waals surface area contributed by atoms with E-state index in [9.17, 15) is 14.0 Å². The van der Waals surface area contributed by atoms with E-state index in [2.05, 4.69) is 5.32 Å². The highest BCUT2D eigenvalue weighted by atomic mass is 19.1. The van der Waals surface area contributed by atoms with Crippen molar-refractivity contribution in [3.8, 4) is 11.5 Å². The Kier molecular flexibility index (Phi) is 6.69. The molecule has 29 heavy (non-hydrogen) atoms. The number of likely N-dealkylation sites (tertiary alicyclic amines) is 1. The van der Waals surface area contributed by atoms with Gasteiger partial charge in [0, 0.05) is 45.0 Å². The molecule has 1 saturated heterocycles. The molecule has 154 valence electrons. The van der Waals surface area contributed by atoms with Crippen molar-refractivity contribution < 1.29 is 23.5 Å². The number of ether oxygens (including phenoxy) is 2. The number of halogens is 1. The van der Waals surface area contributed by atoms with Crippen molar-refractivity contribution >= 4 is 11.8 Å². The summed E-state index contributed by atoms with van der Waals surface area (Å²) in [7, 11) is 1.55. The first-order chi connectivity index (χ1) is 14.0. The van der Waals surface area contributed by atoms with Crippen molar-refractivity contribution in [2.24, 2.45) is 0 Å². The van der Waals surface area contributed by atoms with Gasteiger partial charge in [-0.25, -0.2) is 4.39 Å². The molecule has 0 aliphatic carbocycles. The molecular weight excluding hydrogens is 375 g/mol. The minimum absolute atomic E-state index is 0.0508. The molecule has 1 fully saturated rings. The van der Waals surface area contributed by atoms with Crippen LogP contribution in [0.2, 0.25) is 0 Å². The minimum atomic E-state index is -0.340. The zero-order valence-electron chi connectivity index (χ0n) is 16.6. The molecule has 0 spiro atoms. The summed E-state index contributed by atoms with van der Waals surface area (Å²) >= 11 is 0. The second-order valence-corrected chi connectivity index (χ2v) is 7.00. The monoisotopic (exact) mass is 400 g/mol. The second-order valence-electron chi connectivity index (χ2n) is 7.00. The van der Waals surface area contributed by atoms with Crippen LogP contribution in [0.4, 0.5) is 4.39 Å². The largest absolute Gasteiger partial charge is 0.493 e. The molecule has 3 rings (SSSR count). The number of nitrogens with zero attached hydrogens (tertiary/aromatic N) is 1. The maximum Gasteiger partial charge on any atom is 0.251 e. The number of nitrogens with one attached hydrogen (secondary N) is 1. The van der Waals surface area contributed by atoms with Crippen LogP contribution in [0.1, 0.15) is 35.7 Å². The van der Waals surface area contributed by atoms with Crippen molar-refractivity contribution in [3.05, 3.63) is 59.4 Å². The molecule has 6 nitrogen and oxygen atoms in total. The molecule has 1 aliphatic heterocycles. The third kappa shape index (κ3) is 5.47. The van der Waals surface area contributed by atoms with E-state index in [1.54, 1.807) is 49.3 Å². The first kappa shape index (κ1) is 20.6. The van der Waals surface area contributed by atoms with Gasteiger partial charge in [-0.3, -0.25) is 9.59 Å². The lowest BCUT2D eigenvalue weighted by Crippen LogP contribution is -2.40.